The fraction of sp³-hybridized carbons (Fsp3) is 0.381. The van der Waals surface area contributed by atoms with Gasteiger partial charge in [-0.25, -0.2) is 12.8 Å². The minimum atomic E-state index is -3.90. The summed E-state index contributed by atoms with van der Waals surface area (Å²) in [6, 6.07) is 9.51. The third-order valence-corrected chi connectivity index (χ3v) is 5.46. The van der Waals surface area contributed by atoms with E-state index in [1.165, 1.54) is 32.2 Å². The van der Waals surface area contributed by atoms with E-state index in [4.69, 9.17) is 9.47 Å². The lowest BCUT2D eigenvalue weighted by molar-refractivity contribution is -0.122. The largest absolute Gasteiger partial charge is 0.493 e. The maximum atomic E-state index is 14.2. The van der Waals surface area contributed by atoms with Gasteiger partial charge in [0.25, 0.3) is 0 Å². The van der Waals surface area contributed by atoms with Crippen LogP contribution in [0, 0.1) is 5.82 Å². The van der Waals surface area contributed by atoms with Crippen LogP contribution in [0.1, 0.15) is 26.3 Å². The van der Waals surface area contributed by atoms with Crippen molar-refractivity contribution in [2.75, 3.05) is 17.7 Å². The van der Waals surface area contributed by atoms with Crippen molar-refractivity contribution in [1.82, 2.24) is 5.32 Å². The van der Waals surface area contributed by atoms with E-state index >= 15 is 0 Å². The van der Waals surface area contributed by atoms with Crippen molar-refractivity contribution in [1.29, 1.82) is 0 Å². The molecule has 2 aromatic rings. The maximum absolute atomic E-state index is 14.2. The quantitative estimate of drug-likeness (QED) is 0.650. The Balaban J connectivity index is 2.17. The Bertz CT molecular complexity index is 995. The second-order valence-electron chi connectivity index (χ2n) is 7.06. The number of hydrogen-bond donors (Lipinski definition) is 1. The standard InChI is InChI=1S/C21H27FN2O5S/c1-14(2)29-19-11-10-16(12-20(19)28-4)13-23-21(25)15(3)24(30(5,26)27)18-9-7-6-8-17(18)22/h6-12,14-15H,13H2,1-5H3,(H,23,25)/t15-/m1/s1. The highest BCUT2D eigenvalue weighted by atomic mass is 32.2. The molecule has 2 rings (SSSR count). The molecule has 0 aromatic heterocycles. The Morgan fingerprint density at radius 3 is 2.37 bits per heavy atom. The highest BCUT2D eigenvalue weighted by molar-refractivity contribution is 7.92. The number of anilines is 1. The molecule has 164 valence electrons. The number of halogens is 1. The monoisotopic (exact) mass is 438 g/mol. The molecule has 9 heteroatoms. The summed E-state index contributed by atoms with van der Waals surface area (Å²) in [6.45, 7) is 5.34. The number of nitrogens with zero attached hydrogens (tertiary/aromatic N) is 1. The lowest BCUT2D eigenvalue weighted by Crippen LogP contribution is -2.48. The number of rotatable bonds is 9. The smallest absolute Gasteiger partial charge is 0.243 e. The molecule has 0 spiro atoms. The van der Waals surface area contributed by atoms with E-state index in [1.54, 1.807) is 18.2 Å². The van der Waals surface area contributed by atoms with Crippen molar-refractivity contribution in [3.8, 4) is 11.5 Å². The summed E-state index contributed by atoms with van der Waals surface area (Å²) in [5.74, 6) is -0.190. The average molecular weight is 439 g/mol. The van der Waals surface area contributed by atoms with E-state index in [2.05, 4.69) is 5.32 Å². The van der Waals surface area contributed by atoms with Crippen LogP contribution in [0.3, 0.4) is 0 Å². The predicted molar refractivity (Wildman–Crippen MR) is 114 cm³/mol. The van der Waals surface area contributed by atoms with Gasteiger partial charge in [0.05, 0.1) is 25.2 Å². The van der Waals surface area contributed by atoms with Crippen molar-refractivity contribution < 1.29 is 27.1 Å². The second kappa shape index (κ2) is 9.80. The van der Waals surface area contributed by atoms with Crippen molar-refractivity contribution in [3.05, 3.63) is 53.8 Å². The van der Waals surface area contributed by atoms with Crippen LogP contribution in [0.15, 0.2) is 42.5 Å². The molecular weight excluding hydrogens is 411 g/mol. The molecule has 0 unspecified atom stereocenters. The molecule has 0 fully saturated rings. The first-order valence-corrected chi connectivity index (χ1v) is 11.2. The Morgan fingerprint density at radius 1 is 1.13 bits per heavy atom. The summed E-state index contributed by atoms with van der Waals surface area (Å²) >= 11 is 0. The number of para-hydroxylation sites is 1. The Morgan fingerprint density at radius 2 is 1.80 bits per heavy atom. The molecule has 1 amide bonds. The molecule has 0 saturated heterocycles. The number of nitrogens with one attached hydrogen (secondary N) is 1. The van der Waals surface area contributed by atoms with Crippen LogP contribution in [0.4, 0.5) is 10.1 Å². The topological polar surface area (TPSA) is 84.9 Å². The van der Waals surface area contributed by atoms with Crippen molar-refractivity contribution >= 4 is 21.6 Å². The lowest BCUT2D eigenvalue weighted by Gasteiger charge is -2.28. The van der Waals surface area contributed by atoms with Crippen molar-refractivity contribution in [2.24, 2.45) is 0 Å². The Hall–Kier alpha value is -2.81. The first-order chi connectivity index (χ1) is 14.0. The fourth-order valence-corrected chi connectivity index (χ4v) is 4.10. The van der Waals surface area contributed by atoms with Crippen molar-refractivity contribution in [2.45, 2.75) is 39.5 Å². The molecule has 0 saturated carbocycles. The van der Waals surface area contributed by atoms with E-state index in [1.807, 2.05) is 13.8 Å². The normalized spacial score (nSPS) is 12.4. The van der Waals surface area contributed by atoms with Crippen LogP contribution < -0.4 is 19.1 Å². The molecule has 0 radical (unpaired) electrons. The summed E-state index contributed by atoms with van der Waals surface area (Å²) in [4.78, 5) is 12.7. The van der Waals surface area contributed by atoms with E-state index < -0.39 is 27.8 Å². The number of amides is 1. The average Bonchev–Trinajstić information content (AvgIpc) is 2.67. The summed E-state index contributed by atoms with van der Waals surface area (Å²) in [5, 5.41) is 2.69. The fourth-order valence-electron chi connectivity index (χ4n) is 2.92. The summed E-state index contributed by atoms with van der Waals surface area (Å²) in [7, 11) is -2.38. The third kappa shape index (κ3) is 5.85. The summed E-state index contributed by atoms with van der Waals surface area (Å²) in [6.07, 6.45) is 0.910. The molecule has 1 N–H and O–H groups in total. The minimum Gasteiger partial charge on any atom is -0.493 e. The van der Waals surface area contributed by atoms with Gasteiger partial charge in [0.2, 0.25) is 15.9 Å². The first-order valence-electron chi connectivity index (χ1n) is 9.39. The Labute approximate surface area is 176 Å². The van der Waals surface area contributed by atoms with Crippen LogP contribution in [0.2, 0.25) is 0 Å². The van der Waals surface area contributed by atoms with Gasteiger partial charge in [-0.15, -0.1) is 0 Å². The van der Waals surface area contributed by atoms with Crippen molar-refractivity contribution in [3.63, 3.8) is 0 Å². The zero-order chi connectivity index (χ0) is 22.5. The van der Waals surface area contributed by atoms with Crippen LogP contribution in [-0.4, -0.2) is 39.8 Å². The third-order valence-electron chi connectivity index (χ3n) is 4.24. The molecule has 0 bridgehead atoms. The molecule has 30 heavy (non-hydrogen) atoms. The molecule has 0 aliphatic heterocycles. The predicted octanol–water partition coefficient (Wildman–Crippen LogP) is 3.09. The van der Waals surface area contributed by atoms with E-state index in [0.29, 0.717) is 11.5 Å². The van der Waals surface area contributed by atoms with Gasteiger partial charge in [-0.2, -0.15) is 0 Å². The van der Waals surface area contributed by atoms with Crippen LogP contribution in [-0.2, 0) is 21.4 Å². The van der Waals surface area contributed by atoms with Gasteiger partial charge in [0, 0.05) is 6.54 Å². The molecule has 7 nitrogen and oxygen atoms in total. The zero-order valence-corrected chi connectivity index (χ0v) is 18.5. The number of sulfonamides is 1. The molecular formula is C21H27FN2O5S. The SMILES string of the molecule is COc1cc(CNC(=O)[C@@H](C)N(c2ccccc2F)S(C)(=O)=O)ccc1OC(C)C. The molecule has 2 aromatic carbocycles. The van der Waals surface area contributed by atoms with Gasteiger partial charge >= 0.3 is 0 Å². The summed E-state index contributed by atoms with van der Waals surface area (Å²) in [5.41, 5.74) is 0.555. The van der Waals surface area contributed by atoms with Gasteiger partial charge in [-0.3, -0.25) is 9.10 Å². The highest BCUT2D eigenvalue weighted by Gasteiger charge is 2.30. The van der Waals surface area contributed by atoms with E-state index in [-0.39, 0.29) is 18.3 Å². The number of methoxy groups -OCH3 is 1. The number of ether oxygens (including phenoxy) is 2. The highest BCUT2D eigenvalue weighted by Crippen LogP contribution is 2.29. The van der Waals surface area contributed by atoms with Crippen LogP contribution in [0.5, 0.6) is 11.5 Å². The number of hydrogen-bond acceptors (Lipinski definition) is 5. The first kappa shape index (κ1) is 23.5. The van der Waals surface area contributed by atoms with Gasteiger partial charge in [0.1, 0.15) is 11.9 Å². The van der Waals surface area contributed by atoms with Gasteiger partial charge in [0.15, 0.2) is 11.5 Å². The Kier molecular flexibility index (Phi) is 7.66. The van der Waals surface area contributed by atoms with Crippen LogP contribution in [0.25, 0.3) is 0 Å². The second-order valence-corrected chi connectivity index (χ2v) is 8.92. The zero-order valence-electron chi connectivity index (χ0n) is 17.7. The number of carbonyl (C=O) groups is 1. The molecule has 0 aliphatic carbocycles. The maximum Gasteiger partial charge on any atom is 0.243 e. The number of carbonyl (C=O) groups excluding carboxylic acids is 1. The van der Waals surface area contributed by atoms with E-state index in [9.17, 15) is 17.6 Å². The lowest BCUT2D eigenvalue weighted by atomic mass is 10.2. The molecule has 0 aliphatic rings. The molecule has 1 atom stereocenters. The van der Waals surface area contributed by atoms with Crippen LogP contribution >= 0.6 is 0 Å². The molecule has 0 heterocycles. The van der Waals surface area contributed by atoms with Gasteiger partial charge in [-0.05, 0) is 50.6 Å². The van der Waals surface area contributed by atoms with Gasteiger partial charge < -0.3 is 14.8 Å². The summed E-state index contributed by atoms with van der Waals surface area (Å²) < 4.78 is 50.5. The number of benzene rings is 2. The van der Waals surface area contributed by atoms with Gasteiger partial charge in [-0.1, -0.05) is 18.2 Å². The van der Waals surface area contributed by atoms with E-state index in [0.717, 1.165) is 22.2 Å². The minimum absolute atomic E-state index is 0.0225.